The fourth-order valence-electron chi connectivity index (χ4n) is 1.59. The van der Waals surface area contributed by atoms with Gasteiger partial charge in [-0.25, -0.2) is 0 Å². The molecule has 0 unspecified atom stereocenters. The van der Waals surface area contributed by atoms with Gasteiger partial charge < -0.3 is 19.6 Å². The Morgan fingerprint density at radius 3 is 2.47 bits per heavy atom. The predicted molar refractivity (Wildman–Crippen MR) is 72.3 cm³/mol. The van der Waals surface area contributed by atoms with Gasteiger partial charge in [0.25, 0.3) is 0 Å². The molecule has 0 radical (unpaired) electrons. The van der Waals surface area contributed by atoms with Crippen molar-refractivity contribution in [2.24, 2.45) is 7.05 Å². The van der Waals surface area contributed by atoms with E-state index in [1.54, 1.807) is 43.7 Å². The van der Waals surface area contributed by atoms with E-state index in [1.165, 1.54) is 9.13 Å². The van der Waals surface area contributed by atoms with Gasteiger partial charge in [-0.3, -0.25) is 9.59 Å². The molecule has 1 heterocycles. The number of anilines is 1. The van der Waals surface area contributed by atoms with Crippen molar-refractivity contribution in [3.8, 4) is 5.75 Å². The number of hydrogen-bond donors (Lipinski definition) is 1. The maximum atomic E-state index is 11.6. The molecule has 2 aromatic rings. The van der Waals surface area contributed by atoms with Crippen molar-refractivity contribution in [1.29, 1.82) is 0 Å². The van der Waals surface area contributed by atoms with E-state index in [0.29, 0.717) is 24.6 Å². The molecule has 0 fully saturated rings. The Balaban J connectivity index is 2.00. The van der Waals surface area contributed by atoms with E-state index >= 15 is 0 Å². The number of aromatic nitrogens is 2. The standard InChI is InChI=1S/C13H15N3O3/c1-15-6-7-16(13(18)12(15)17)8-9-19-11-4-2-10(14)3-5-11/h2-7H,8-9,14H2,1H3. The quantitative estimate of drug-likeness (QED) is 0.630. The fraction of sp³-hybridized carbons (Fsp3) is 0.231. The zero-order valence-corrected chi connectivity index (χ0v) is 10.6. The van der Waals surface area contributed by atoms with Gasteiger partial charge in [-0.2, -0.15) is 0 Å². The van der Waals surface area contributed by atoms with Crippen molar-refractivity contribution in [2.45, 2.75) is 6.54 Å². The van der Waals surface area contributed by atoms with Gasteiger partial charge in [0, 0.05) is 25.1 Å². The van der Waals surface area contributed by atoms with Gasteiger partial charge in [-0.05, 0) is 24.3 Å². The lowest BCUT2D eigenvalue weighted by atomic mass is 10.3. The minimum atomic E-state index is -0.550. The third kappa shape index (κ3) is 3.04. The first-order valence-electron chi connectivity index (χ1n) is 5.82. The third-order valence-electron chi connectivity index (χ3n) is 2.72. The first kappa shape index (κ1) is 12.9. The van der Waals surface area contributed by atoms with E-state index in [0.717, 1.165) is 0 Å². The zero-order valence-electron chi connectivity index (χ0n) is 10.6. The molecule has 19 heavy (non-hydrogen) atoms. The molecule has 1 aromatic carbocycles. The molecule has 0 bridgehead atoms. The molecule has 0 saturated heterocycles. The molecule has 2 rings (SSSR count). The number of nitrogens with zero attached hydrogens (tertiary/aromatic N) is 2. The molecule has 1 aromatic heterocycles. The average molecular weight is 261 g/mol. The fourth-order valence-corrected chi connectivity index (χ4v) is 1.59. The van der Waals surface area contributed by atoms with Crippen LogP contribution in [-0.2, 0) is 13.6 Å². The zero-order chi connectivity index (χ0) is 13.8. The second-order valence-electron chi connectivity index (χ2n) is 4.13. The lowest BCUT2D eigenvalue weighted by Gasteiger charge is -2.08. The largest absolute Gasteiger partial charge is 0.492 e. The van der Waals surface area contributed by atoms with Crippen LogP contribution in [0.1, 0.15) is 0 Å². The van der Waals surface area contributed by atoms with Crippen LogP contribution in [0.3, 0.4) is 0 Å². The van der Waals surface area contributed by atoms with E-state index in [4.69, 9.17) is 10.5 Å². The van der Waals surface area contributed by atoms with Crippen LogP contribution in [0.2, 0.25) is 0 Å². The molecular formula is C13H15N3O3. The monoisotopic (exact) mass is 261 g/mol. The molecule has 0 saturated carbocycles. The van der Waals surface area contributed by atoms with Crippen LogP contribution in [0, 0.1) is 0 Å². The predicted octanol–water partition coefficient (Wildman–Crippen LogP) is 0.208. The molecule has 6 nitrogen and oxygen atoms in total. The van der Waals surface area contributed by atoms with Crippen LogP contribution in [0.5, 0.6) is 5.75 Å². The van der Waals surface area contributed by atoms with Crippen molar-refractivity contribution < 1.29 is 4.74 Å². The first-order valence-corrected chi connectivity index (χ1v) is 5.82. The summed E-state index contributed by atoms with van der Waals surface area (Å²) in [5.74, 6) is 0.672. The minimum absolute atomic E-state index is 0.303. The highest BCUT2D eigenvalue weighted by molar-refractivity contribution is 5.41. The summed E-state index contributed by atoms with van der Waals surface area (Å²) in [4.78, 5) is 23.1. The van der Waals surface area contributed by atoms with Gasteiger partial charge in [0.05, 0.1) is 6.54 Å². The van der Waals surface area contributed by atoms with Gasteiger partial charge in [-0.1, -0.05) is 0 Å². The van der Waals surface area contributed by atoms with Crippen molar-refractivity contribution >= 4 is 5.69 Å². The molecule has 0 atom stereocenters. The summed E-state index contributed by atoms with van der Waals surface area (Å²) < 4.78 is 8.05. The minimum Gasteiger partial charge on any atom is -0.492 e. The van der Waals surface area contributed by atoms with E-state index in [2.05, 4.69) is 0 Å². The molecule has 100 valence electrons. The van der Waals surface area contributed by atoms with Crippen molar-refractivity contribution in [3.05, 3.63) is 57.4 Å². The Bertz CT molecular complexity index is 671. The van der Waals surface area contributed by atoms with Crippen LogP contribution in [-0.4, -0.2) is 15.7 Å². The highest BCUT2D eigenvalue weighted by atomic mass is 16.5. The van der Waals surface area contributed by atoms with Crippen LogP contribution < -0.4 is 21.6 Å². The average Bonchev–Trinajstić information content (AvgIpc) is 2.41. The summed E-state index contributed by atoms with van der Waals surface area (Å²) >= 11 is 0. The smallest absolute Gasteiger partial charge is 0.316 e. The van der Waals surface area contributed by atoms with E-state index in [9.17, 15) is 9.59 Å². The van der Waals surface area contributed by atoms with Crippen molar-refractivity contribution in [2.75, 3.05) is 12.3 Å². The number of rotatable bonds is 4. The van der Waals surface area contributed by atoms with E-state index in [1.807, 2.05) is 0 Å². The lowest BCUT2D eigenvalue weighted by Crippen LogP contribution is -2.40. The molecule has 0 aliphatic heterocycles. The summed E-state index contributed by atoms with van der Waals surface area (Å²) in [6, 6.07) is 6.98. The highest BCUT2D eigenvalue weighted by Gasteiger charge is 2.02. The SMILES string of the molecule is Cn1ccn(CCOc2ccc(N)cc2)c(=O)c1=O. The Morgan fingerprint density at radius 1 is 1.11 bits per heavy atom. The maximum absolute atomic E-state index is 11.6. The summed E-state index contributed by atoms with van der Waals surface area (Å²) in [5, 5.41) is 0. The van der Waals surface area contributed by atoms with E-state index in [-0.39, 0.29) is 0 Å². The Hall–Kier alpha value is -2.50. The number of nitrogens with two attached hydrogens (primary N) is 1. The first-order chi connectivity index (χ1) is 9.08. The molecule has 0 aliphatic rings. The number of ether oxygens (including phenoxy) is 1. The van der Waals surface area contributed by atoms with Gasteiger partial charge in [0.15, 0.2) is 0 Å². The molecular weight excluding hydrogens is 246 g/mol. The van der Waals surface area contributed by atoms with Gasteiger partial charge in [0.1, 0.15) is 12.4 Å². The summed E-state index contributed by atoms with van der Waals surface area (Å²) in [5.41, 5.74) is 5.12. The molecule has 0 spiro atoms. The second kappa shape index (κ2) is 5.43. The van der Waals surface area contributed by atoms with Gasteiger partial charge >= 0.3 is 11.1 Å². The summed E-state index contributed by atoms with van der Waals surface area (Å²) in [6.45, 7) is 0.621. The van der Waals surface area contributed by atoms with Crippen molar-refractivity contribution in [1.82, 2.24) is 9.13 Å². The maximum Gasteiger partial charge on any atom is 0.316 e. The van der Waals surface area contributed by atoms with Crippen LogP contribution >= 0.6 is 0 Å². The van der Waals surface area contributed by atoms with Crippen LogP contribution in [0.25, 0.3) is 0 Å². The topological polar surface area (TPSA) is 79.2 Å². The molecule has 0 amide bonds. The third-order valence-corrected chi connectivity index (χ3v) is 2.72. The number of aryl methyl sites for hydroxylation is 1. The van der Waals surface area contributed by atoms with Gasteiger partial charge in [-0.15, -0.1) is 0 Å². The normalized spacial score (nSPS) is 10.4. The summed E-state index contributed by atoms with van der Waals surface area (Å²) in [7, 11) is 1.54. The molecule has 2 N–H and O–H groups in total. The van der Waals surface area contributed by atoms with Crippen LogP contribution in [0.15, 0.2) is 46.2 Å². The van der Waals surface area contributed by atoms with E-state index < -0.39 is 11.1 Å². The molecule has 6 heteroatoms. The number of hydrogen-bond acceptors (Lipinski definition) is 4. The molecule has 0 aliphatic carbocycles. The summed E-state index contributed by atoms with van der Waals surface area (Å²) in [6.07, 6.45) is 3.11. The Kier molecular flexibility index (Phi) is 3.70. The second-order valence-corrected chi connectivity index (χ2v) is 4.13. The highest BCUT2D eigenvalue weighted by Crippen LogP contribution is 2.12. The Labute approximate surface area is 109 Å². The number of benzene rings is 1. The Morgan fingerprint density at radius 2 is 1.79 bits per heavy atom. The number of nitrogen functional groups attached to an aromatic ring is 1. The van der Waals surface area contributed by atoms with Gasteiger partial charge in [0.2, 0.25) is 0 Å². The van der Waals surface area contributed by atoms with Crippen LogP contribution in [0.4, 0.5) is 5.69 Å². The lowest BCUT2D eigenvalue weighted by molar-refractivity contribution is 0.295. The van der Waals surface area contributed by atoms with Crippen molar-refractivity contribution in [3.63, 3.8) is 0 Å².